The quantitative estimate of drug-likeness (QED) is 0.0908. The molecule has 8 heteroatoms. The number of fused-ring (bicyclic) bond motifs is 7. The van der Waals surface area contributed by atoms with Crippen molar-refractivity contribution in [1.82, 2.24) is 14.1 Å². The average molecular weight is 1000 g/mol. The van der Waals surface area contributed by atoms with E-state index in [2.05, 4.69) is 193 Å². The summed E-state index contributed by atoms with van der Waals surface area (Å²) in [7, 11) is -2.27. The first-order valence-electron chi connectivity index (χ1n) is 20.7. The number of ether oxygens (including phenoxy) is 1. The summed E-state index contributed by atoms with van der Waals surface area (Å²) in [5, 5.41) is 7.04. The van der Waals surface area contributed by atoms with Gasteiger partial charge < -0.3 is 18.3 Å². The van der Waals surface area contributed by atoms with Crippen LogP contribution in [0.4, 0.5) is 0 Å². The topological polar surface area (TPSA) is 49.0 Å². The molecule has 0 aliphatic heterocycles. The first-order chi connectivity index (χ1) is 29.6. The van der Waals surface area contributed by atoms with Crippen LogP contribution in [0.5, 0.6) is 11.5 Å². The van der Waals surface area contributed by atoms with Crippen LogP contribution in [-0.4, -0.2) is 22.2 Å². The Morgan fingerprint density at radius 3 is 2.21 bits per heavy atom. The molecule has 0 N–H and O–H groups in total. The van der Waals surface area contributed by atoms with Crippen molar-refractivity contribution in [2.45, 2.75) is 39.3 Å². The number of hydrogen-bond acceptors (Lipinski definition) is 3. The third-order valence-corrected chi connectivity index (χ3v) is 15.6. The second kappa shape index (κ2) is 15.1. The summed E-state index contributed by atoms with van der Waals surface area (Å²) in [5.74, 6) is 2.01. The standard InChI is InChI=1S/C54H42N4O2Si.Pt/c1-54(2,3)36-30-31-55-51(32-36)58-44-22-11-9-20-41(44)42-27-26-39(34-47(42)58)59-38-17-15-16-37(33-38)56-35-57(46-24-13-12-23-45(46)56)53-50(61(4,5)40-18-7-6-8-19-40)29-28-49-52(53)43-21-10-14-25-48(43)60-49;/h6-32H,1-5H3;/q-2;. The van der Waals surface area contributed by atoms with Gasteiger partial charge in [-0.1, -0.05) is 142 Å². The molecule has 4 heterocycles. The number of para-hydroxylation sites is 4. The van der Waals surface area contributed by atoms with Crippen LogP contribution in [0, 0.1) is 18.5 Å². The molecule has 0 amide bonds. The molecule has 11 rings (SSSR count). The number of benzene rings is 7. The summed E-state index contributed by atoms with van der Waals surface area (Å²) in [6.45, 7) is 11.5. The molecule has 0 aliphatic carbocycles. The third kappa shape index (κ3) is 6.50. The molecule has 306 valence electrons. The van der Waals surface area contributed by atoms with Crippen LogP contribution in [0.25, 0.3) is 72.0 Å². The molecule has 7 aromatic carbocycles. The molecule has 0 spiro atoms. The van der Waals surface area contributed by atoms with Gasteiger partial charge in [-0.2, -0.15) is 18.2 Å². The van der Waals surface area contributed by atoms with Crippen LogP contribution in [0.15, 0.2) is 168 Å². The van der Waals surface area contributed by atoms with Gasteiger partial charge in [0.15, 0.2) is 0 Å². The predicted molar refractivity (Wildman–Crippen MR) is 249 cm³/mol. The minimum atomic E-state index is -2.27. The Hall–Kier alpha value is -6.53. The Kier molecular flexibility index (Phi) is 9.66. The summed E-state index contributed by atoms with van der Waals surface area (Å²) in [6.07, 6.45) is 5.71. The van der Waals surface area contributed by atoms with E-state index < -0.39 is 8.07 Å². The fourth-order valence-corrected chi connectivity index (χ4v) is 11.5. The van der Waals surface area contributed by atoms with Crippen molar-refractivity contribution in [2.75, 3.05) is 0 Å². The van der Waals surface area contributed by atoms with Gasteiger partial charge in [0, 0.05) is 55.1 Å². The first kappa shape index (κ1) is 39.6. The number of rotatable bonds is 7. The normalized spacial score (nSPS) is 12.1. The molecule has 0 unspecified atom stereocenters. The molecule has 0 fully saturated rings. The minimum absolute atomic E-state index is 0. The zero-order valence-electron chi connectivity index (χ0n) is 35.0. The smallest absolute Gasteiger partial charge is 0.268 e. The van der Waals surface area contributed by atoms with Crippen molar-refractivity contribution in [3.05, 3.63) is 188 Å². The molecule has 0 saturated heterocycles. The van der Waals surface area contributed by atoms with Crippen LogP contribution >= 0.6 is 0 Å². The van der Waals surface area contributed by atoms with E-state index in [-0.39, 0.29) is 26.5 Å². The van der Waals surface area contributed by atoms with Gasteiger partial charge in [0.05, 0.1) is 16.7 Å². The van der Waals surface area contributed by atoms with Gasteiger partial charge in [0.1, 0.15) is 25.1 Å². The zero-order chi connectivity index (χ0) is 41.5. The molecular formula is C54H42N4O2PtSi-2. The zero-order valence-corrected chi connectivity index (χ0v) is 38.3. The van der Waals surface area contributed by atoms with Crippen molar-refractivity contribution in [2.24, 2.45) is 0 Å². The number of hydrogen-bond donors (Lipinski definition) is 0. The second-order valence-electron chi connectivity index (χ2n) is 17.3. The summed E-state index contributed by atoms with van der Waals surface area (Å²) >= 11 is 0. The monoisotopic (exact) mass is 1000 g/mol. The summed E-state index contributed by atoms with van der Waals surface area (Å²) in [5.41, 5.74) is 8.78. The van der Waals surface area contributed by atoms with E-state index in [0.717, 1.165) is 72.0 Å². The Morgan fingerprint density at radius 1 is 0.661 bits per heavy atom. The van der Waals surface area contributed by atoms with Crippen molar-refractivity contribution >= 4 is 73.2 Å². The summed E-state index contributed by atoms with van der Waals surface area (Å²) < 4.78 is 19.7. The predicted octanol–water partition coefficient (Wildman–Crippen LogP) is 11.6. The molecule has 4 aromatic heterocycles. The van der Waals surface area contributed by atoms with Gasteiger partial charge in [0.2, 0.25) is 0 Å². The SMILES string of the molecule is CC(C)(C)c1ccnc(-n2c3[c-]c(Oc4[c-]c(-n5[c-][n+](-c6c([Si](C)(C)c7ccccc7)ccc7oc8ccccc8c67)c6ccccc65)ccc4)ccc3c3ccccc32)c1.[Pt]. The van der Waals surface area contributed by atoms with Crippen molar-refractivity contribution < 1.29 is 34.8 Å². The summed E-state index contributed by atoms with van der Waals surface area (Å²) in [4.78, 5) is 4.85. The molecular weight excluding hydrogens is 960 g/mol. The molecule has 0 atom stereocenters. The molecule has 0 saturated carbocycles. The molecule has 0 bridgehead atoms. The fourth-order valence-electron chi connectivity index (χ4n) is 8.87. The van der Waals surface area contributed by atoms with E-state index in [1.54, 1.807) is 0 Å². The Labute approximate surface area is 375 Å². The number of imidazole rings is 1. The van der Waals surface area contributed by atoms with E-state index in [4.69, 9.17) is 14.1 Å². The molecule has 11 aromatic rings. The third-order valence-electron chi connectivity index (χ3n) is 12.1. The summed E-state index contributed by atoms with van der Waals surface area (Å²) in [6, 6.07) is 62.1. The maximum Gasteiger partial charge on any atom is 0.268 e. The van der Waals surface area contributed by atoms with Gasteiger partial charge >= 0.3 is 0 Å². The van der Waals surface area contributed by atoms with Gasteiger partial charge in [-0.3, -0.25) is 4.57 Å². The second-order valence-corrected chi connectivity index (χ2v) is 21.6. The Bertz CT molecular complexity index is 3490. The Balaban J connectivity index is 0.00000458. The number of pyridine rings is 1. The van der Waals surface area contributed by atoms with Gasteiger partial charge in [-0.15, -0.1) is 29.7 Å². The van der Waals surface area contributed by atoms with Gasteiger partial charge in [-0.05, 0) is 57.6 Å². The molecule has 0 radical (unpaired) electrons. The van der Waals surface area contributed by atoms with Crippen molar-refractivity contribution in [1.29, 1.82) is 0 Å². The largest absolute Gasteiger partial charge is 0.510 e. The maximum absolute atomic E-state index is 6.64. The van der Waals surface area contributed by atoms with E-state index in [0.29, 0.717) is 11.5 Å². The molecule has 62 heavy (non-hydrogen) atoms. The van der Waals surface area contributed by atoms with Crippen LogP contribution in [0.3, 0.4) is 0 Å². The molecule has 0 aliphatic rings. The van der Waals surface area contributed by atoms with Gasteiger partial charge in [-0.25, -0.2) is 4.98 Å². The number of furan rings is 1. The minimum Gasteiger partial charge on any atom is -0.510 e. The number of nitrogens with zero attached hydrogens (tertiary/aromatic N) is 4. The number of aromatic nitrogens is 4. The van der Waals surface area contributed by atoms with E-state index in [9.17, 15) is 0 Å². The average Bonchev–Trinajstić information content (AvgIpc) is 3.96. The van der Waals surface area contributed by atoms with E-state index >= 15 is 0 Å². The van der Waals surface area contributed by atoms with Crippen LogP contribution < -0.4 is 19.7 Å². The van der Waals surface area contributed by atoms with Crippen molar-refractivity contribution in [3.8, 4) is 28.7 Å². The Morgan fingerprint density at radius 2 is 1.39 bits per heavy atom. The first-order valence-corrected chi connectivity index (χ1v) is 23.7. The van der Waals surface area contributed by atoms with Crippen LogP contribution in [0.2, 0.25) is 13.1 Å². The fraction of sp³-hybridized carbons (Fsp3) is 0.111. The van der Waals surface area contributed by atoms with Gasteiger partial charge in [0.25, 0.3) is 6.33 Å². The van der Waals surface area contributed by atoms with E-state index in [1.807, 2.05) is 36.5 Å². The van der Waals surface area contributed by atoms with Crippen LogP contribution in [-0.2, 0) is 26.5 Å². The molecule has 6 nitrogen and oxygen atoms in total. The maximum atomic E-state index is 6.64. The van der Waals surface area contributed by atoms with Crippen LogP contribution in [0.1, 0.15) is 26.3 Å². The van der Waals surface area contributed by atoms with E-state index in [1.165, 1.54) is 15.9 Å². The van der Waals surface area contributed by atoms with Crippen molar-refractivity contribution in [3.63, 3.8) is 0 Å².